The fraction of sp³-hybridized carbons (Fsp3) is 0.333. The lowest BCUT2D eigenvalue weighted by atomic mass is 10.1. The summed E-state index contributed by atoms with van der Waals surface area (Å²) in [5.41, 5.74) is 0.947. The van der Waals surface area contributed by atoms with Crippen molar-refractivity contribution in [2.45, 2.75) is 19.5 Å². The minimum atomic E-state index is 0.106. The van der Waals surface area contributed by atoms with E-state index in [-0.39, 0.29) is 6.04 Å². The van der Waals surface area contributed by atoms with Gasteiger partial charge in [0.15, 0.2) is 11.5 Å². The standard InChI is InChI=1S/C15H18ClNO3/c1-10(12-5-4-8-20-12)17-9-11-6-7-13(18-2)15(19-3)14(11)16/h4-8,10,17H,9H2,1-3H3/t10-/m0/s1. The van der Waals surface area contributed by atoms with E-state index in [2.05, 4.69) is 5.32 Å². The van der Waals surface area contributed by atoms with Crippen molar-refractivity contribution in [1.82, 2.24) is 5.32 Å². The Morgan fingerprint density at radius 1 is 1.25 bits per heavy atom. The van der Waals surface area contributed by atoms with Crippen LogP contribution in [0.5, 0.6) is 11.5 Å². The number of methoxy groups -OCH3 is 2. The fourth-order valence-electron chi connectivity index (χ4n) is 1.97. The van der Waals surface area contributed by atoms with E-state index in [4.69, 9.17) is 25.5 Å². The topological polar surface area (TPSA) is 43.6 Å². The van der Waals surface area contributed by atoms with Crippen LogP contribution in [0.4, 0.5) is 0 Å². The zero-order valence-electron chi connectivity index (χ0n) is 11.8. The maximum absolute atomic E-state index is 6.33. The van der Waals surface area contributed by atoms with E-state index in [0.717, 1.165) is 11.3 Å². The highest BCUT2D eigenvalue weighted by Crippen LogP contribution is 2.37. The van der Waals surface area contributed by atoms with Gasteiger partial charge in [0, 0.05) is 6.54 Å². The lowest BCUT2D eigenvalue weighted by molar-refractivity contribution is 0.354. The first kappa shape index (κ1) is 14.8. The maximum atomic E-state index is 6.33. The predicted molar refractivity (Wildman–Crippen MR) is 78.5 cm³/mol. The Labute approximate surface area is 123 Å². The number of nitrogens with one attached hydrogen (secondary N) is 1. The van der Waals surface area contributed by atoms with Crippen molar-refractivity contribution < 1.29 is 13.9 Å². The summed E-state index contributed by atoms with van der Waals surface area (Å²) in [4.78, 5) is 0. The molecule has 0 aliphatic heterocycles. The fourth-order valence-corrected chi connectivity index (χ4v) is 2.27. The Morgan fingerprint density at radius 2 is 2.05 bits per heavy atom. The molecule has 0 unspecified atom stereocenters. The van der Waals surface area contributed by atoms with Gasteiger partial charge in [0.1, 0.15) is 5.76 Å². The van der Waals surface area contributed by atoms with Crippen LogP contribution in [0.15, 0.2) is 34.9 Å². The molecule has 0 amide bonds. The minimum absolute atomic E-state index is 0.106. The molecule has 0 aliphatic carbocycles. The molecule has 2 rings (SSSR count). The molecular weight excluding hydrogens is 278 g/mol. The maximum Gasteiger partial charge on any atom is 0.179 e. The first-order valence-electron chi connectivity index (χ1n) is 6.33. The molecular formula is C15H18ClNO3. The number of benzene rings is 1. The van der Waals surface area contributed by atoms with Gasteiger partial charge in [0.2, 0.25) is 0 Å². The van der Waals surface area contributed by atoms with E-state index in [0.29, 0.717) is 23.1 Å². The van der Waals surface area contributed by atoms with Crippen LogP contribution in [0.25, 0.3) is 0 Å². The molecule has 0 saturated carbocycles. The van der Waals surface area contributed by atoms with Gasteiger partial charge in [-0.2, -0.15) is 0 Å². The molecule has 5 heteroatoms. The van der Waals surface area contributed by atoms with Gasteiger partial charge in [-0.15, -0.1) is 0 Å². The molecule has 0 spiro atoms. The second kappa shape index (κ2) is 6.68. The predicted octanol–water partition coefficient (Wildman–Crippen LogP) is 3.80. The zero-order chi connectivity index (χ0) is 14.5. The third-order valence-corrected chi connectivity index (χ3v) is 3.55. The van der Waals surface area contributed by atoms with Gasteiger partial charge in [0.25, 0.3) is 0 Å². The molecule has 108 valence electrons. The summed E-state index contributed by atoms with van der Waals surface area (Å²) in [6.45, 7) is 2.65. The van der Waals surface area contributed by atoms with Crippen LogP contribution >= 0.6 is 11.6 Å². The number of hydrogen-bond acceptors (Lipinski definition) is 4. The van der Waals surface area contributed by atoms with E-state index in [1.165, 1.54) is 0 Å². The van der Waals surface area contributed by atoms with Gasteiger partial charge in [-0.1, -0.05) is 17.7 Å². The second-order valence-corrected chi connectivity index (χ2v) is 4.77. The molecule has 0 aliphatic rings. The van der Waals surface area contributed by atoms with Gasteiger partial charge in [-0.25, -0.2) is 0 Å². The highest BCUT2D eigenvalue weighted by molar-refractivity contribution is 6.33. The SMILES string of the molecule is COc1ccc(CN[C@@H](C)c2ccco2)c(Cl)c1OC. The molecule has 2 aromatic rings. The molecule has 20 heavy (non-hydrogen) atoms. The molecule has 1 aromatic carbocycles. The largest absolute Gasteiger partial charge is 0.493 e. The Bertz CT molecular complexity index is 554. The third kappa shape index (κ3) is 3.08. The average Bonchev–Trinajstić information content (AvgIpc) is 2.99. The molecule has 0 bridgehead atoms. The van der Waals surface area contributed by atoms with Gasteiger partial charge in [-0.05, 0) is 30.7 Å². The highest BCUT2D eigenvalue weighted by atomic mass is 35.5. The summed E-state index contributed by atoms with van der Waals surface area (Å²) < 4.78 is 15.9. The lowest BCUT2D eigenvalue weighted by Crippen LogP contribution is -2.17. The number of hydrogen-bond donors (Lipinski definition) is 1. The average molecular weight is 296 g/mol. The first-order valence-corrected chi connectivity index (χ1v) is 6.71. The van der Waals surface area contributed by atoms with Crippen molar-refractivity contribution in [2.75, 3.05) is 14.2 Å². The number of ether oxygens (including phenoxy) is 2. The number of rotatable bonds is 6. The van der Waals surface area contributed by atoms with Crippen molar-refractivity contribution in [1.29, 1.82) is 0 Å². The monoisotopic (exact) mass is 295 g/mol. The molecule has 1 heterocycles. The Balaban J connectivity index is 2.10. The quantitative estimate of drug-likeness (QED) is 0.880. The summed E-state index contributed by atoms with van der Waals surface area (Å²) in [6.07, 6.45) is 1.66. The van der Waals surface area contributed by atoms with E-state index in [9.17, 15) is 0 Å². The molecule has 4 nitrogen and oxygen atoms in total. The molecule has 1 aromatic heterocycles. The van der Waals surface area contributed by atoms with Gasteiger partial charge < -0.3 is 19.2 Å². The Kier molecular flexibility index (Phi) is 4.93. The summed E-state index contributed by atoms with van der Waals surface area (Å²) in [5.74, 6) is 2.07. The summed E-state index contributed by atoms with van der Waals surface area (Å²) in [5, 5.41) is 3.92. The number of furan rings is 1. The van der Waals surface area contributed by atoms with Crippen LogP contribution in [-0.2, 0) is 6.54 Å². The van der Waals surface area contributed by atoms with Crippen molar-refractivity contribution in [3.63, 3.8) is 0 Å². The Morgan fingerprint density at radius 3 is 2.65 bits per heavy atom. The van der Waals surface area contributed by atoms with Crippen LogP contribution < -0.4 is 14.8 Å². The normalized spacial score (nSPS) is 12.2. The van der Waals surface area contributed by atoms with Crippen molar-refractivity contribution in [2.24, 2.45) is 0 Å². The number of halogens is 1. The summed E-state index contributed by atoms with van der Waals surface area (Å²) >= 11 is 6.33. The summed E-state index contributed by atoms with van der Waals surface area (Å²) in [6, 6.07) is 7.68. The van der Waals surface area contributed by atoms with Crippen molar-refractivity contribution in [3.05, 3.63) is 46.9 Å². The van der Waals surface area contributed by atoms with Gasteiger partial charge >= 0.3 is 0 Å². The van der Waals surface area contributed by atoms with E-state index >= 15 is 0 Å². The summed E-state index contributed by atoms with van der Waals surface area (Å²) in [7, 11) is 3.16. The minimum Gasteiger partial charge on any atom is -0.493 e. The van der Waals surface area contributed by atoms with Crippen molar-refractivity contribution >= 4 is 11.6 Å². The van der Waals surface area contributed by atoms with Gasteiger partial charge in [0.05, 0.1) is 31.5 Å². The first-order chi connectivity index (χ1) is 9.67. The van der Waals surface area contributed by atoms with E-state index in [1.807, 2.05) is 31.2 Å². The molecule has 0 fully saturated rings. The van der Waals surface area contributed by atoms with E-state index in [1.54, 1.807) is 20.5 Å². The highest BCUT2D eigenvalue weighted by Gasteiger charge is 2.14. The second-order valence-electron chi connectivity index (χ2n) is 4.39. The van der Waals surface area contributed by atoms with Crippen LogP contribution in [-0.4, -0.2) is 14.2 Å². The van der Waals surface area contributed by atoms with Crippen molar-refractivity contribution in [3.8, 4) is 11.5 Å². The molecule has 0 saturated heterocycles. The van der Waals surface area contributed by atoms with Gasteiger partial charge in [-0.3, -0.25) is 0 Å². The Hall–Kier alpha value is -1.65. The zero-order valence-corrected chi connectivity index (χ0v) is 12.5. The molecule has 0 radical (unpaired) electrons. The smallest absolute Gasteiger partial charge is 0.179 e. The van der Waals surface area contributed by atoms with Crippen LogP contribution in [0.1, 0.15) is 24.3 Å². The molecule has 1 N–H and O–H groups in total. The van der Waals surface area contributed by atoms with Crippen LogP contribution in [0.2, 0.25) is 5.02 Å². The van der Waals surface area contributed by atoms with Crippen LogP contribution in [0, 0.1) is 0 Å². The van der Waals surface area contributed by atoms with E-state index < -0.39 is 0 Å². The third-order valence-electron chi connectivity index (χ3n) is 3.13. The lowest BCUT2D eigenvalue weighted by Gasteiger charge is -2.15. The van der Waals surface area contributed by atoms with Crippen LogP contribution in [0.3, 0.4) is 0 Å². The molecule has 1 atom stereocenters.